The molecule has 0 aliphatic carbocycles. The van der Waals surface area contributed by atoms with Crippen LogP contribution in [0, 0.1) is 0 Å². The maximum Gasteiger partial charge on any atom is 0.433 e. The highest BCUT2D eigenvalue weighted by Gasteiger charge is 2.32. The largest absolute Gasteiger partial charge is 0.467 e. The Balaban J connectivity index is 2.23. The molecule has 0 bridgehead atoms. The Morgan fingerprint density at radius 2 is 1.92 bits per heavy atom. The van der Waals surface area contributed by atoms with Crippen molar-refractivity contribution in [2.75, 3.05) is 31.4 Å². The minimum Gasteiger partial charge on any atom is -0.467 e. The monoisotopic (exact) mass is 341 g/mol. The van der Waals surface area contributed by atoms with Crippen LogP contribution in [0.2, 0.25) is 0 Å². The van der Waals surface area contributed by atoms with Crippen molar-refractivity contribution in [2.45, 2.75) is 6.18 Å². The number of halogens is 3. The smallest absolute Gasteiger partial charge is 0.433 e. The van der Waals surface area contributed by atoms with E-state index < -0.39 is 17.8 Å². The van der Waals surface area contributed by atoms with Gasteiger partial charge in [-0.1, -0.05) is 0 Å². The maximum absolute atomic E-state index is 12.5. The quantitative estimate of drug-likeness (QED) is 0.918. The summed E-state index contributed by atoms with van der Waals surface area (Å²) in [4.78, 5) is 25.0. The summed E-state index contributed by atoms with van der Waals surface area (Å²) in [6, 6.07) is 1.91. The van der Waals surface area contributed by atoms with Crippen LogP contribution in [-0.4, -0.2) is 42.1 Å². The van der Waals surface area contributed by atoms with E-state index >= 15 is 0 Å². The Kier molecular flexibility index (Phi) is 4.86. The minimum atomic E-state index is -4.56. The van der Waals surface area contributed by atoms with Crippen LogP contribution in [0.3, 0.4) is 0 Å². The van der Waals surface area contributed by atoms with Gasteiger partial charge in [0.2, 0.25) is 0 Å². The summed E-state index contributed by atoms with van der Waals surface area (Å²) in [6.07, 6.45) is -2.36. The lowest BCUT2D eigenvalue weighted by Crippen LogP contribution is -2.19. The number of nitrogens with one attached hydrogen (secondary N) is 1. The van der Waals surface area contributed by atoms with Crippen molar-refractivity contribution < 1.29 is 22.7 Å². The van der Waals surface area contributed by atoms with E-state index in [2.05, 4.69) is 20.3 Å². The number of carbonyl (C=O) groups is 1. The highest BCUT2D eigenvalue weighted by molar-refractivity contribution is 6.05. The minimum absolute atomic E-state index is 0.0245. The SMILES string of the molecule is COc1ncc(NC(=O)c2ccc(C(F)(F)F)nc2)c(N(C)C)n1. The second kappa shape index (κ2) is 6.69. The Bertz CT molecular complexity index is 732. The van der Waals surface area contributed by atoms with E-state index in [1.54, 1.807) is 19.0 Å². The van der Waals surface area contributed by atoms with E-state index in [0.29, 0.717) is 5.82 Å². The average molecular weight is 341 g/mol. The van der Waals surface area contributed by atoms with Gasteiger partial charge in [-0.3, -0.25) is 9.78 Å². The van der Waals surface area contributed by atoms with Crippen molar-refractivity contribution in [1.29, 1.82) is 0 Å². The van der Waals surface area contributed by atoms with E-state index in [4.69, 9.17) is 4.74 Å². The van der Waals surface area contributed by atoms with Crippen LogP contribution < -0.4 is 15.0 Å². The third kappa shape index (κ3) is 3.89. The number of nitrogens with zero attached hydrogens (tertiary/aromatic N) is 4. The number of rotatable bonds is 4. The molecule has 1 amide bonds. The van der Waals surface area contributed by atoms with E-state index in [0.717, 1.165) is 18.3 Å². The molecule has 2 rings (SSSR count). The number of methoxy groups -OCH3 is 1. The molecule has 0 saturated carbocycles. The van der Waals surface area contributed by atoms with Crippen molar-refractivity contribution in [3.05, 3.63) is 35.8 Å². The summed E-state index contributed by atoms with van der Waals surface area (Å²) in [7, 11) is 4.81. The van der Waals surface area contributed by atoms with Gasteiger partial charge in [-0.2, -0.15) is 18.2 Å². The molecule has 0 aromatic carbocycles. The van der Waals surface area contributed by atoms with Crippen LogP contribution in [0.25, 0.3) is 0 Å². The number of alkyl halides is 3. The van der Waals surface area contributed by atoms with E-state index in [1.807, 2.05) is 0 Å². The zero-order chi connectivity index (χ0) is 17.9. The van der Waals surface area contributed by atoms with Gasteiger partial charge in [-0.15, -0.1) is 0 Å². The lowest BCUT2D eigenvalue weighted by atomic mass is 10.2. The van der Waals surface area contributed by atoms with Crippen molar-refractivity contribution in [2.24, 2.45) is 0 Å². The summed E-state index contributed by atoms with van der Waals surface area (Å²) in [5.74, 6) is -0.247. The molecule has 0 fully saturated rings. The molecule has 7 nitrogen and oxygen atoms in total. The fourth-order valence-corrected chi connectivity index (χ4v) is 1.77. The fourth-order valence-electron chi connectivity index (χ4n) is 1.77. The molecule has 2 aromatic heterocycles. The highest BCUT2D eigenvalue weighted by atomic mass is 19.4. The molecule has 0 radical (unpaired) electrons. The Hall–Kier alpha value is -2.91. The first-order valence-electron chi connectivity index (χ1n) is 6.65. The average Bonchev–Trinajstić information content (AvgIpc) is 2.54. The van der Waals surface area contributed by atoms with E-state index in [-0.39, 0.29) is 17.3 Å². The second-order valence-electron chi connectivity index (χ2n) is 4.87. The van der Waals surface area contributed by atoms with Crippen LogP contribution in [0.1, 0.15) is 16.1 Å². The Morgan fingerprint density at radius 1 is 1.21 bits per heavy atom. The van der Waals surface area contributed by atoms with Gasteiger partial charge in [0.05, 0.1) is 18.9 Å². The van der Waals surface area contributed by atoms with Gasteiger partial charge in [-0.05, 0) is 12.1 Å². The first-order valence-corrected chi connectivity index (χ1v) is 6.65. The Morgan fingerprint density at radius 3 is 2.42 bits per heavy atom. The zero-order valence-electron chi connectivity index (χ0n) is 13.0. The standard InChI is InChI=1S/C14H14F3N5O2/c1-22(2)11-9(7-19-13(21-11)24-3)20-12(23)8-4-5-10(18-6-8)14(15,16)17/h4-7H,1-3H3,(H,20,23). The van der Waals surface area contributed by atoms with Crippen molar-refractivity contribution in [1.82, 2.24) is 15.0 Å². The molecule has 2 aromatic rings. The molecule has 2 heterocycles. The predicted molar refractivity (Wildman–Crippen MR) is 80.1 cm³/mol. The molecule has 0 unspecified atom stereocenters. The Labute approximate surface area is 135 Å². The summed E-state index contributed by atoms with van der Waals surface area (Å²) >= 11 is 0. The van der Waals surface area contributed by atoms with Gasteiger partial charge >= 0.3 is 12.2 Å². The number of anilines is 2. The van der Waals surface area contributed by atoms with Crippen LogP contribution in [-0.2, 0) is 6.18 Å². The summed E-state index contributed by atoms with van der Waals surface area (Å²) < 4.78 is 42.4. The van der Waals surface area contributed by atoms with Crippen molar-refractivity contribution in [3.8, 4) is 6.01 Å². The maximum atomic E-state index is 12.5. The van der Waals surface area contributed by atoms with Crippen molar-refractivity contribution in [3.63, 3.8) is 0 Å². The first-order chi connectivity index (χ1) is 11.2. The van der Waals surface area contributed by atoms with Gasteiger partial charge in [-0.25, -0.2) is 4.98 Å². The van der Waals surface area contributed by atoms with Gasteiger partial charge < -0.3 is 15.0 Å². The number of aromatic nitrogens is 3. The molecule has 0 spiro atoms. The van der Waals surface area contributed by atoms with Crippen LogP contribution in [0.15, 0.2) is 24.5 Å². The number of ether oxygens (including phenoxy) is 1. The van der Waals surface area contributed by atoms with Crippen LogP contribution >= 0.6 is 0 Å². The third-order valence-corrected chi connectivity index (χ3v) is 2.92. The van der Waals surface area contributed by atoms with Crippen molar-refractivity contribution >= 4 is 17.4 Å². The predicted octanol–water partition coefficient (Wildman–Crippen LogP) is 2.22. The first kappa shape index (κ1) is 17.4. The van der Waals surface area contributed by atoms with Gasteiger partial charge in [0.1, 0.15) is 11.4 Å². The van der Waals surface area contributed by atoms with Gasteiger partial charge in [0, 0.05) is 20.3 Å². The number of pyridine rings is 1. The summed E-state index contributed by atoms with van der Waals surface area (Å²) in [6.45, 7) is 0. The summed E-state index contributed by atoms with van der Waals surface area (Å²) in [5, 5.41) is 2.54. The number of carbonyl (C=O) groups excluding carboxylic acids is 1. The molecule has 0 aliphatic heterocycles. The van der Waals surface area contributed by atoms with Gasteiger partial charge in [0.25, 0.3) is 5.91 Å². The molecule has 24 heavy (non-hydrogen) atoms. The van der Waals surface area contributed by atoms with Crippen LogP contribution in [0.4, 0.5) is 24.7 Å². The molecule has 0 atom stereocenters. The molecule has 0 saturated heterocycles. The lowest BCUT2D eigenvalue weighted by molar-refractivity contribution is -0.141. The van der Waals surface area contributed by atoms with Gasteiger partial charge in [0.15, 0.2) is 5.82 Å². The van der Waals surface area contributed by atoms with E-state index in [9.17, 15) is 18.0 Å². The topological polar surface area (TPSA) is 80.2 Å². The van der Waals surface area contributed by atoms with Crippen LogP contribution in [0.5, 0.6) is 6.01 Å². The second-order valence-corrected chi connectivity index (χ2v) is 4.87. The fraction of sp³-hybridized carbons (Fsp3) is 0.286. The summed E-state index contributed by atoms with van der Waals surface area (Å²) in [5.41, 5.74) is -0.810. The number of hydrogen-bond donors (Lipinski definition) is 1. The lowest BCUT2D eigenvalue weighted by Gasteiger charge is -2.16. The third-order valence-electron chi connectivity index (χ3n) is 2.92. The highest BCUT2D eigenvalue weighted by Crippen LogP contribution is 2.27. The van der Waals surface area contributed by atoms with E-state index in [1.165, 1.54) is 13.3 Å². The number of hydrogen-bond acceptors (Lipinski definition) is 6. The molecule has 1 N–H and O–H groups in total. The molecular weight excluding hydrogens is 327 g/mol. The molecule has 10 heteroatoms. The zero-order valence-corrected chi connectivity index (χ0v) is 13.0. The molecule has 128 valence electrons. The molecule has 0 aliphatic rings. The number of amides is 1. The normalized spacial score (nSPS) is 11.1. The molecular formula is C14H14F3N5O2.